The number of hydrogen-bond acceptors (Lipinski definition) is 2. The van der Waals surface area contributed by atoms with Gasteiger partial charge in [-0.2, -0.15) is 0 Å². The Kier molecular flexibility index (Phi) is 6.67. The van der Waals surface area contributed by atoms with E-state index in [4.69, 9.17) is 9.97 Å². The lowest BCUT2D eigenvalue weighted by molar-refractivity contribution is 1.21. The van der Waals surface area contributed by atoms with Gasteiger partial charge in [0.2, 0.25) is 0 Å². The van der Waals surface area contributed by atoms with Crippen molar-refractivity contribution in [3.05, 3.63) is 170 Å². The largest absolute Gasteiger partial charge is 0.237 e. The predicted octanol–water partition coefficient (Wildman–Crippen LogP) is 11.4. The minimum absolute atomic E-state index is 0.791. The van der Waals surface area contributed by atoms with Crippen molar-refractivity contribution in [1.82, 2.24) is 9.97 Å². The Morgan fingerprint density at radius 2 is 0.902 bits per heavy atom. The van der Waals surface area contributed by atoms with Crippen LogP contribution in [-0.2, 0) is 0 Å². The summed E-state index contributed by atoms with van der Waals surface area (Å²) in [4.78, 5) is 11.2. The van der Waals surface area contributed by atoms with Crippen LogP contribution in [0.15, 0.2) is 170 Å². The van der Waals surface area contributed by atoms with Gasteiger partial charge < -0.3 is 0 Å². The van der Waals surface area contributed by atoms with E-state index in [1.807, 2.05) is 0 Å². The molecule has 8 aromatic carbocycles. The number of hydrogen-bond donors (Lipinski definition) is 0. The molecule has 2 nitrogen and oxygen atoms in total. The van der Waals surface area contributed by atoms with Crippen LogP contribution in [0.2, 0.25) is 13.1 Å². The molecule has 0 fully saturated rings. The molecule has 0 unspecified atom stereocenters. The Labute approximate surface area is 298 Å². The topological polar surface area (TPSA) is 25.8 Å². The van der Waals surface area contributed by atoms with Crippen LogP contribution in [0.4, 0.5) is 0 Å². The molecule has 0 bridgehead atoms. The van der Waals surface area contributed by atoms with Gasteiger partial charge in [-0.3, -0.25) is 0 Å². The molecule has 0 amide bonds. The van der Waals surface area contributed by atoms with E-state index in [0.29, 0.717) is 0 Å². The van der Waals surface area contributed by atoms with E-state index in [9.17, 15) is 0 Å². The van der Waals surface area contributed by atoms with E-state index in [1.165, 1.54) is 76.2 Å². The van der Waals surface area contributed by atoms with Gasteiger partial charge in [0.25, 0.3) is 0 Å². The molecular weight excluding hydrogens is 633 g/mol. The van der Waals surface area contributed by atoms with E-state index < -0.39 is 8.07 Å². The maximum atomic E-state index is 5.62. The highest BCUT2D eigenvalue weighted by atomic mass is 28.3. The molecule has 0 radical (unpaired) electrons. The molecule has 1 aromatic heterocycles. The fraction of sp³-hybridized carbons (Fsp3) is 0.0417. The molecule has 0 saturated heterocycles. The Hall–Kier alpha value is -6.16. The van der Waals surface area contributed by atoms with E-state index in [1.54, 1.807) is 0 Å². The second-order valence-corrected chi connectivity index (χ2v) is 18.4. The monoisotopic (exact) mass is 666 g/mol. The van der Waals surface area contributed by atoms with Crippen LogP contribution in [-0.4, -0.2) is 18.0 Å². The molecule has 0 atom stereocenters. The van der Waals surface area contributed by atoms with Crippen LogP contribution in [0.1, 0.15) is 0 Å². The van der Waals surface area contributed by atoms with Gasteiger partial charge in [-0.05, 0) is 77.5 Å². The lowest BCUT2D eigenvalue weighted by atomic mass is 9.91. The first-order chi connectivity index (χ1) is 25.1. The Morgan fingerprint density at radius 1 is 0.392 bits per heavy atom. The highest BCUT2D eigenvalue weighted by molar-refractivity contribution is 7.05. The third-order valence-corrected chi connectivity index (χ3v) is 14.1. The van der Waals surface area contributed by atoms with Crippen LogP contribution in [0, 0.1) is 0 Å². The average Bonchev–Trinajstić information content (AvgIpc) is 3.44. The fourth-order valence-electron chi connectivity index (χ4n) is 8.42. The molecule has 1 aliphatic heterocycles. The standard InChI is InChI=1S/C48H34N2Si/c1-51(2)46-41-27-11-9-25-39(41)38-24-8-10-26-40(38)43(46)44-45(49-47(50-48(44)51)42-28-14-18-32-17-6-7-23-37(32)42)36-22-13-21-35(30-36)34-20-12-19-33(29-34)31-15-4-3-5-16-31/h3-30H,1-2H3. The van der Waals surface area contributed by atoms with E-state index in [2.05, 4.69) is 183 Å². The first-order valence-corrected chi connectivity index (χ1v) is 20.7. The van der Waals surface area contributed by atoms with Gasteiger partial charge in [0.15, 0.2) is 5.82 Å². The maximum absolute atomic E-state index is 5.62. The SMILES string of the molecule is C[Si]1(C)c2nc(-c3cccc4ccccc34)nc(-c3cccc(-c4cccc(-c5ccccc5)c4)c3)c2-c2c1c1ccccc1c1ccccc21. The summed E-state index contributed by atoms with van der Waals surface area (Å²) in [5.74, 6) is 0.791. The lowest BCUT2D eigenvalue weighted by Crippen LogP contribution is -2.51. The first-order valence-electron chi connectivity index (χ1n) is 17.7. The molecule has 0 aliphatic carbocycles. The quantitative estimate of drug-likeness (QED) is 0.138. The molecule has 9 aromatic rings. The van der Waals surface area contributed by atoms with Gasteiger partial charge in [0, 0.05) is 22.0 Å². The summed E-state index contributed by atoms with van der Waals surface area (Å²) >= 11 is 0. The van der Waals surface area contributed by atoms with Gasteiger partial charge >= 0.3 is 0 Å². The van der Waals surface area contributed by atoms with Crippen LogP contribution in [0.5, 0.6) is 0 Å². The van der Waals surface area contributed by atoms with Crippen molar-refractivity contribution in [3.63, 3.8) is 0 Å². The number of benzene rings is 8. The predicted molar refractivity (Wildman–Crippen MR) is 218 cm³/mol. The Bertz CT molecular complexity index is 2830. The summed E-state index contributed by atoms with van der Waals surface area (Å²) in [6.07, 6.45) is 0. The van der Waals surface area contributed by atoms with Crippen molar-refractivity contribution in [2.45, 2.75) is 13.1 Å². The van der Waals surface area contributed by atoms with Gasteiger partial charge in [-0.25, -0.2) is 9.97 Å². The first kappa shape index (κ1) is 29.7. The summed E-state index contributed by atoms with van der Waals surface area (Å²) in [6.45, 7) is 4.96. The van der Waals surface area contributed by atoms with Crippen molar-refractivity contribution >= 4 is 50.9 Å². The van der Waals surface area contributed by atoms with Crippen LogP contribution >= 0.6 is 0 Å². The molecule has 1 aliphatic rings. The number of aromatic nitrogens is 2. The van der Waals surface area contributed by atoms with Crippen molar-refractivity contribution in [2.24, 2.45) is 0 Å². The number of rotatable bonds is 4. The number of nitrogens with zero attached hydrogens (tertiary/aromatic N) is 2. The molecular formula is C48H34N2Si. The van der Waals surface area contributed by atoms with Crippen LogP contribution in [0.3, 0.4) is 0 Å². The highest BCUT2D eigenvalue weighted by Crippen LogP contribution is 2.44. The van der Waals surface area contributed by atoms with Crippen LogP contribution in [0.25, 0.3) is 88.3 Å². The zero-order chi connectivity index (χ0) is 34.1. The van der Waals surface area contributed by atoms with E-state index in [-0.39, 0.29) is 0 Å². The zero-order valence-corrected chi connectivity index (χ0v) is 29.6. The normalized spacial score (nSPS) is 13.1. The average molecular weight is 667 g/mol. The highest BCUT2D eigenvalue weighted by Gasteiger charge is 2.44. The Morgan fingerprint density at radius 3 is 1.65 bits per heavy atom. The van der Waals surface area contributed by atoms with Crippen LogP contribution < -0.4 is 10.5 Å². The van der Waals surface area contributed by atoms with Gasteiger partial charge in [-0.15, -0.1) is 0 Å². The molecule has 51 heavy (non-hydrogen) atoms. The smallest absolute Gasteiger partial charge is 0.160 e. The molecule has 3 heteroatoms. The second-order valence-electron chi connectivity index (χ2n) is 14.1. The molecule has 0 N–H and O–H groups in total. The molecule has 0 saturated carbocycles. The van der Waals surface area contributed by atoms with Crippen molar-refractivity contribution < 1.29 is 0 Å². The Balaban J connectivity index is 1.28. The molecule has 0 spiro atoms. The van der Waals surface area contributed by atoms with E-state index in [0.717, 1.165) is 22.6 Å². The summed E-state index contributed by atoms with van der Waals surface area (Å²) in [7, 11) is -2.33. The van der Waals surface area contributed by atoms with Crippen molar-refractivity contribution in [3.8, 4) is 56.0 Å². The summed E-state index contributed by atoms with van der Waals surface area (Å²) in [6, 6.07) is 61.4. The maximum Gasteiger partial charge on any atom is 0.160 e. The summed E-state index contributed by atoms with van der Waals surface area (Å²) in [5, 5.41) is 10.2. The second kappa shape index (κ2) is 11.4. The van der Waals surface area contributed by atoms with Gasteiger partial charge in [0.1, 0.15) is 8.07 Å². The van der Waals surface area contributed by atoms with E-state index >= 15 is 0 Å². The third-order valence-electron chi connectivity index (χ3n) is 10.8. The van der Waals surface area contributed by atoms with Crippen molar-refractivity contribution in [1.29, 1.82) is 0 Å². The lowest BCUT2D eigenvalue weighted by Gasteiger charge is -2.21. The zero-order valence-electron chi connectivity index (χ0n) is 28.6. The molecule has 2 heterocycles. The minimum atomic E-state index is -2.33. The third kappa shape index (κ3) is 4.62. The molecule has 240 valence electrons. The minimum Gasteiger partial charge on any atom is -0.237 e. The van der Waals surface area contributed by atoms with Gasteiger partial charge in [-0.1, -0.05) is 171 Å². The fourth-order valence-corrected chi connectivity index (χ4v) is 11.7. The van der Waals surface area contributed by atoms with Crippen molar-refractivity contribution in [2.75, 3.05) is 0 Å². The molecule has 10 rings (SSSR count). The summed E-state index contributed by atoms with van der Waals surface area (Å²) < 4.78 is 0. The van der Waals surface area contributed by atoms with Gasteiger partial charge in [0.05, 0.1) is 5.69 Å². The number of fused-ring (bicyclic) bond motifs is 9. The summed E-state index contributed by atoms with van der Waals surface area (Å²) in [5.41, 5.74) is 10.5.